The van der Waals surface area contributed by atoms with Crippen molar-refractivity contribution in [2.45, 2.75) is 6.92 Å². The third kappa shape index (κ3) is 2.96. The Bertz CT molecular complexity index is 774. The number of carbonyl (C=O) groups excluding carboxylic acids is 2. The zero-order valence-electron chi connectivity index (χ0n) is 11.8. The van der Waals surface area contributed by atoms with Gasteiger partial charge in [-0.2, -0.15) is 0 Å². The lowest BCUT2D eigenvalue weighted by Crippen LogP contribution is -2.25. The van der Waals surface area contributed by atoms with E-state index in [4.69, 9.17) is 4.74 Å². The summed E-state index contributed by atoms with van der Waals surface area (Å²) in [4.78, 5) is 23.6. The van der Waals surface area contributed by atoms with Crippen molar-refractivity contribution in [1.29, 1.82) is 0 Å². The topological polar surface area (TPSA) is 67.4 Å². The first-order chi connectivity index (χ1) is 10.5. The smallest absolute Gasteiger partial charge is 0.262 e. The fraction of sp³-hybridized carbons (Fsp3) is 0.125. The molecule has 0 atom stereocenters. The molecule has 2 N–H and O–H groups in total. The van der Waals surface area contributed by atoms with Gasteiger partial charge in [0.1, 0.15) is 5.75 Å². The van der Waals surface area contributed by atoms with Gasteiger partial charge in [-0.25, -0.2) is 0 Å². The standard InChI is InChI=1S/C16H13BrN2O3/c1-9-6-11(17)3-5-12(9)19-16(21)10-2-4-13-14(7-10)22-8-15(20)18-13/h2-7H,8H2,1H3,(H,18,20)(H,19,21). The predicted molar refractivity (Wildman–Crippen MR) is 87.4 cm³/mol. The average molecular weight is 361 g/mol. The first-order valence-electron chi connectivity index (χ1n) is 6.67. The number of rotatable bonds is 2. The van der Waals surface area contributed by atoms with E-state index in [9.17, 15) is 9.59 Å². The molecule has 0 saturated heterocycles. The van der Waals surface area contributed by atoms with Crippen LogP contribution >= 0.6 is 15.9 Å². The normalized spacial score (nSPS) is 12.9. The molecule has 3 rings (SSSR count). The number of carbonyl (C=O) groups is 2. The van der Waals surface area contributed by atoms with Crippen LogP contribution in [0.5, 0.6) is 5.75 Å². The van der Waals surface area contributed by atoms with E-state index in [2.05, 4.69) is 26.6 Å². The molecular formula is C16H13BrN2O3. The molecule has 0 radical (unpaired) electrons. The molecule has 22 heavy (non-hydrogen) atoms. The van der Waals surface area contributed by atoms with E-state index in [1.165, 1.54) is 0 Å². The Morgan fingerprint density at radius 3 is 2.86 bits per heavy atom. The summed E-state index contributed by atoms with van der Waals surface area (Å²) in [6.45, 7) is 1.88. The van der Waals surface area contributed by atoms with Crippen molar-refractivity contribution in [2.75, 3.05) is 17.2 Å². The van der Waals surface area contributed by atoms with Crippen molar-refractivity contribution in [2.24, 2.45) is 0 Å². The zero-order valence-corrected chi connectivity index (χ0v) is 13.4. The number of hydrogen-bond acceptors (Lipinski definition) is 3. The van der Waals surface area contributed by atoms with Gasteiger partial charge in [0.25, 0.3) is 11.8 Å². The average Bonchev–Trinajstić information content (AvgIpc) is 2.49. The number of benzene rings is 2. The van der Waals surface area contributed by atoms with Crippen molar-refractivity contribution < 1.29 is 14.3 Å². The van der Waals surface area contributed by atoms with Gasteiger partial charge in [-0.1, -0.05) is 15.9 Å². The Morgan fingerprint density at radius 1 is 1.27 bits per heavy atom. The lowest BCUT2D eigenvalue weighted by molar-refractivity contribution is -0.118. The molecular weight excluding hydrogens is 348 g/mol. The van der Waals surface area contributed by atoms with E-state index < -0.39 is 0 Å². The summed E-state index contributed by atoms with van der Waals surface area (Å²) in [5.74, 6) is 0.0729. The summed E-state index contributed by atoms with van der Waals surface area (Å²) in [6, 6.07) is 10.6. The lowest BCUT2D eigenvalue weighted by atomic mass is 10.1. The van der Waals surface area contributed by atoms with Gasteiger partial charge in [-0.3, -0.25) is 9.59 Å². The van der Waals surface area contributed by atoms with Crippen LogP contribution in [0.15, 0.2) is 40.9 Å². The van der Waals surface area contributed by atoms with Crippen molar-refractivity contribution in [3.8, 4) is 5.75 Å². The SMILES string of the molecule is Cc1cc(Br)ccc1NC(=O)c1ccc2c(c1)OCC(=O)N2. The highest BCUT2D eigenvalue weighted by Crippen LogP contribution is 2.29. The molecule has 0 spiro atoms. The number of halogens is 1. The Labute approximate surface area is 135 Å². The molecule has 0 unspecified atom stereocenters. The summed E-state index contributed by atoms with van der Waals surface area (Å²) < 4.78 is 6.28. The van der Waals surface area contributed by atoms with E-state index in [1.54, 1.807) is 18.2 Å². The van der Waals surface area contributed by atoms with Gasteiger partial charge in [0.2, 0.25) is 0 Å². The van der Waals surface area contributed by atoms with Crippen molar-refractivity contribution >= 4 is 39.1 Å². The molecule has 112 valence electrons. The van der Waals surface area contributed by atoms with Gasteiger partial charge in [-0.15, -0.1) is 0 Å². The second kappa shape index (κ2) is 5.81. The van der Waals surface area contributed by atoms with Gasteiger partial charge in [0.05, 0.1) is 5.69 Å². The van der Waals surface area contributed by atoms with Gasteiger partial charge >= 0.3 is 0 Å². The number of nitrogens with one attached hydrogen (secondary N) is 2. The summed E-state index contributed by atoms with van der Waals surface area (Å²) in [5, 5.41) is 5.56. The number of aryl methyl sites for hydroxylation is 1. The maximum atomic E-state index is 12.3. The van der Waals surface area contributed by atoms with Crippen LogP contribution in [0, 0.1) is 6.92 Å². The number of fused-ring (bicyclic) bond motifs is 1. The van der Waals surface area contributed by atoms with Crippen LogP contribution in [0.3, 0.4) is 0 Å². The second-order valence-electron chi connectivity index (χ2n) is 4.96. The van der Waals surface area contributed by atoms with E-state index >= 15 is 0 Å². The molecule has 6 heteroatoms. The molecule has 1 heterocycles. The maximum Gasteiger partial charge on any atom is 0.262 e. The Kier molecular flexibility index (Phi) is 3.85. The van der Waals surface area contributed by atoms with Crippen molar-refractivity contribution in [3.63, 3.8) is 0 Å². The molecule has 0 fully saturated rings. The number of hydrogen-bond donors (Lipinski definition) is 2. The van der Waals surface area contributed by atoms with Gasteiger partial charge < -0.3 is 15.4 Å². The fourth-order valence-corrected chi connectivity index (χ4v) is 2.65. The molecule has 2 amide bonds. The van der Waals surface area contributed by atoms with Crippen LogP contribution in [0.4, 0.5) is 11.4 Å². The predicted octanol–water partition coefficient (Wildman–Crippen LogP) is 3.34. The summed E-state index contributed by atoms with van der Waals surface area (Å²) >= 11 is 3.39. The third-order valence-electron chi connectivity index (χ3n) is 3.31. The second-order valence-corrected chi connectivity index (χ2v) is 5.88. The maximum absolute atomic E-state index is 12.3. The van der Waals surface area contributed by atoms with Crippen LogP contribution < -0.4 is 15.4 Å². The van der Waals surface area contributed by atoms with Crippen molar-refractivity contribution in [3.05, 3.63) is 52.0 Å². The molecule has 1 aliphatic heterocycles. The summed E-state index contributed by atoms with van der Waals surface area (Å²) in [6.07, 6.45) is 0. The number of amides is 2. The molecule has 0 bridgehead atoms. The highest BCUT2D eigenvalue weighted by molar-refractivity contribution is 9.10. The van der Waals surface area contributed by atoms with Crippen molar-refractivity contribution in [1.82, 2.24) is 0 Å². The summed E-state index contributed by atoms with van der Waals surface area (Å²) in [7, 11) is 0. The minimum absolute atomic E-state index is 0.0378. The fourth-order valence-electron chi connectivity index (χ4n) is 2.18. The molecule has 2 aromatic carbocycles. The highest BCUT2D eigenvalue weighted by atomic mass is 79.9. The Balaban J connectivity index is 1.82. The molecule has 0 aliphatic carbocycles. The molecule has 5 nitrogen and oxygen atoms in total. The zero-order chi connectivity index (χ0) is 15.7. The largest absolute Gasteiger partial charge is 0.482 e. The van der Waals surface area contributed by atoms with E-state index in [0.29, 0.717) is 17.0 Å². The third-order valence-corrected chi connectivity index (χ3v) is 3.81. The van der Waals surface area contributed by atoms with Crippen LogP contribution in [0.25, 0.3) is 0 Å². The molecule has 2 aromatic rings. The number of anilines is 2. The quantitative estimate of drug-likeness (QED) is 0.862. The van der Waals surface area contributed by atoms with E-state index in [-0.39, 0.29) is 18.4 Å². The Morgan fingerprint density at radius 2 is 2.09 bits per heavy atom. The number of ether oxygens (including phenoxy) is 1. The molecule has 1 aliphatic rings. The minimum atomic E-state index is -0.228. The highest BCUT2D eigenvalue weighted by Gasteiger charge is 2.18. The van der Waals surface area contributed by atoms with Gasteiger partial charge in [-0.05, 0) is 48.9 Å². The van der Waals surface area contributed by atoms with Gasteiger partial charge in [0.15, 0.2) is 6.61 Å². The minimum Gasteiger partial charge on any atom is -0.482 e. The lowest BCUT2D eigenvalue weighted by Gasteiger charge is -2.18. The first kappa shape index (κ1) is 14.6. The monoisotopic (exact) mass is 360 g/mol. The van der Waals surface area contributed by atoms with Crippen LogP contribution in [0.2, 0.25) is 0 Å². The molecule has 0 aromatic heterocycles. The van der Waals surface area contributed by atoms with E-state index in [0.717, 1.165) is 15.7 Å². The Hall–Kier alpha value is -2.34. The van der Waals surface area contributed by atoms with Crippen LogP contribution in [-0.2, 0) is 4.79 Å². The van der Waals surface area contributed by atoms with Crippen LogP contribution in [0.1, 0.15) is 15.9 Å². The van der Waals surface area contributed by atoms with Crippen LogP contribution in [-0.4, -0.2) is 18.4 Å². The van der Waals surface area contributed by atoms with E-state index in [1.807, 2.05) is 25.1 Å². The summed E-state index contributed by atoms with van der Waals surface area (Å²) in [5.41, 5.74) is 2.76. The first-order valence-corrected chi connectivity index (χ1v) is 7.46. The van der Waals surface area contributed by atoms with Gasteiger partial charge in [0, 0.05) is 15.7 Å². The molecule has 0 saturated carbocycles.